The third kappa shape index (κ3) is 3.29. The van der Waals surface area contributed by atoms with E-state index in [9.17, 15) is 9.59 Å². The van der Waals surface area contributed by atoms with Gasteiger partial charge in [0.2, 0.25) is 6.41 Å². The van der Waals surface area contributed by atoms with Crippen LogP contribution >= 0.6 is 23.2 Å². The first-order valence-electron chi connectivity index (χ1n) is 7.62. The van der Waals surface area contributed by atoms with Gasteiger partial charge in [-0.15, -0.1) is 0 Å². The van der Waals surface area contributed by atoms with E-state index in [0.717, 1.165) is 0 Å². The number of amides is 2. The molecular weight excluding hydrogens is 375 g/mol. The largest absolute Gasteiger partial charge is 0.354 e. The monoisotopic (exact) mass is 388 g/mol. The predicted octanol–water partition coefficient (Wildman–Crippen LogP) is 3.77. The Morgan fingerprint density at radius 3 is 2.42 bits per heavy atom. The van der Waals surface area contributed by atoms with Crippen molar-refractivity contribution in [2.24, 2.45) is 0 Å². The van der Waals surface area contributed by atoms with Gasteiger partial charge in [0.25, 0.3) is 5.91 Å². The second-order valence-corrected chi connectivity index (χ2v) is 6.11. The van der Waals surface area contributed by atoms with Gasteiger partial charge in [0.15, 0.2) is 11.5 Å². The zero-order chi connectivity index (χ0) is 18.7. The van der Waals surface area contributed by atoms with E-state index in [-0.39, 0.29) is 11.5 Å². The molecule has 8 heteroatoms. The molecule has 1 heterocycles. The van der Waals surface area contributed by atoms with E-state index in [1.807, 2.05) is 6.07 Å². The van der Waals surface area contributed by atoms with Crippen molar-refractivity contribution in [3.63, 3.8) is 0 Å². The Hall–Kier alpha value is -2.83. The lowest BCUT2D eigenvalue weighted by Gasteiger charge is -2.12. The topological polar surface area (TPSA) is 76.0 Å². The first-order valence-corrected chi connectivity index (χ1v) is 8.38. The lowest BCUT2D eigenvalue weighted by molar-refractivity contribution is -0.105. The summed E-state index contributed by atoms with van der Waals surface area (Å²) in [7, 11) is 1.50. The molecule has 132 valence electrons. The molecular formula is C18H14Cl2N4O2. The average Bonchev–Trinajstić information content (AvgIpc) is 3.01. The SMILES string of the molecule is CNC(=O)c1c(NC=O)nc(-c2ccccc2Cl)n1-c1ccc(Cl)cc1. The van der Waals surface area contributed by atoms with Crippen LogP contribution in [0.4, 0.5) is 5.82 Å². The Balaban J connectivity index is 2.36. The summed E-state index contributed by atoms with van der Waals surface area (Å²) in [5.41, 5.74) is 1.44. The van der Waals surface area contributed by atoms with Gasteiger partial charge in [-0.05, 0) is 36.4 Å². The lowest BCUT2D eigenvalue weighted by atomic mass is 10.2. The maximum absolute atomic E-state index is 12.5. The van der Waals surface area contributed by atoms with Gasteiger partial charge in [0.1, 0.15) is 5.82 Å². The van der Waals surface area contributed by atoms with E-state index in [2.05, 4.69) is 15.6 Å². The summed E-state index contributed by atoms with van der Waals surface area (Å²) >= 11 is 12.3. The number of imidazole rings is 1. The van der Waals surface area contributed by atoms with E-state index in [4.69, 9.17) is 23.2 Å². The zero-order valence-electron chi connectivity index (χ0n) is 13.7. The van der Waals surface area contributed by atoms with Crippen LogP contribution in [-0.4, -0.2) is 28.9 Å². The summed E-state index contributed by atoms with van der Waals surface area (Å²) in [6.07, 6.45) is 0.470. The number of anilines is 1. The molecule has 26 heavy (non-hydrogen) atoms. The van der Waals surface area contributed by atoms with Gasteiger partial charge in [-0.1, -0.05) is 35.3 Å². The maximum atomic E-state index is 12.5. The molecule has 2 aromatic carbocycles. The molecule has 0 aliphatic heterocycles. The Kier molecular flexibility index (Phi) is 5.25. The quantitative estimate of drug-likeness (QED) is 0.653. The molecule has 0 saturated carbocycles. The fourth-order valence-electron chi connectivity index (χ4n) is 2.57. The number of nitrogens with zero attached hydrogens (tertiary/aromatic N) is 2. The van der Waals surface area contributed by atoms with Gasteiger partial charge >= 0.3 is 0 Å². The van der Waals surface area contributed by atoms with Crippen LogP contribution in [0.5, 0.6) is 0 Å². The van der Waals surface area contributed by atoms with Crippen molar-refractivity contribution >= 4 is 41.3 Å². The first-order chi connectivity index (χ1) is 12.6. The average molecular weight is 389 g/mol. The van der Waals surface area contributed by atoms with Gasteiger partial charge in [0.05, 0.1) is 5.02 Å². The van der Waals surface area contributed by atoms with Gasteiger partial charge in [-0.3, -0.25) is 14.2 Å². The van der Waals surface area contributed by atoms with Crippen molar-refractivity contribution in [1.29, 1.82) is 0 Å². The van der Waals surface area contributed by atoms with E-state index < -0.39 is 5.91 Å². The smallest absolute Gasteiger partial charge is 0.271 e. The number of aromatic nitrogens is 2. The highest BCUT2D eigenvalue weighted by Gasteiger charge is 2.25. The Morgan fingerprint density at radius 1 is 1.12 bits per heavy atom. The molecule has 0 aliphatic carbocycles. The van der Waals surface area contributed by atoms with Crippen molar-refractivity contribution in [3.8, 4) is 17.1 Å². The number of nitrogens with one attached hydrogen (secondary N) is 2. The van der Waals surface area contributed by atoms with Gasteiger partial charge in [-0.25, -0.2) is 4.98 Å². The molecule has 2 amide bonds. The van der Waals surface area contributed by atoms with E-state index in [1.165, 1.54) is 7.05 Å². The van der Waals surface area contributed by atoms with Crippen LogP contribution in [0.1, 0.15) is 10.5 Å². The minimum absolute atomic E-state index is 0.129. The predicted molar refractivity (Wildman–Crippen MR) is 102 cm³/mol. The molecule has 0 aliphatic rings. The van der Waals surface area contributed by atoms with Crippen LogP contribution in [0.2, 0.25) is 10.0 Å². The highest BCUT2D eigenvalue weighted by atomic mass is 35.5. The van der Waals surface area contributed by atoms with Crippen molar-refractivity contribution in [2.75, 3.05) is 12.4 Å². The number of rotatable bonds is 5. The second-order valence-electron chi connectivity index (χ2n) is 5.27. The lowest BCUT2D eigenvalue weighted by Crippen LogP contribution is -2.22. The Morgan fingerprint density at radius 2 is 1.81 bits per heavy atom. The normalized spacial score (nSPS) is 10.4. The highest BCUT2D eigenvalue weighted by Crippen LogP contribution is 2.33. The van der Waals surface area contributed by atoms with Crippen LogP contribution in [0.3, 0.4) is 0 Å². The minimum atomic E-state index is -0.407. The number of hydrogen-bond acceptors (Lipinski definition) is 3. The molecule has 0 saturated heterocycles. The van der Waals surface area contributed by atoms with Crippen LogP contribution < -0.4 is 10.6 Å². The highest BCUT2D eigenvalue weighted by molar-refractivity contribution is 6.33. The fourth-order valence-corrected chi connectivity index (χ4v) is 2.92. The standard InChI is InChI=1S/C18H14Cl2N4O2/c1-21-18(26)15-16(22-10-25)23-17(13-4-2-3-5-14(13)20)24(15)12-8-6-11(19)7-9-12/h2-10H,1H3,(H,21,26)(H,22,25). The Bertz CT molecular complexity index is 968. The third-order valence-corrected chi connectivity index (χ3v) is 4.30. The van der Waals surface area contributed by atoms with Gasteiger partial charge in [0, 0.05) is 23.3 Å². The number of carbonyl (C=O) groups is 2. The fraction of sp³-hybridized carbons (Fsp3) is 0.0556. The van der Waals surface area contributed by atoms with E-state index in [1.54, 1.807) is 47.0 Å². The summed E-state index contributed by atoms with van der Waals surface area (Å²) in [5.74, 6) is 0.139. The second kappa shape index (κ2) is 7.59. The number of halogens is 2. The molecule has 0 atom stereocenters. The molecule has 0 spiro atoms. The molecule has 0 unspecified atom stereocenters. The maximum Gasteiger partial charge on any atom is 0.271 e. The van der Waals surface area contributed by atoms with Crippen LogP contribution in [0, 0.1) is 0 Å². The molecule has 0 radical (unpaired) electrons. The molecule has 3 rings (SSSR count). The molecule has 6 nitrogen and oxygen atoms in total. The summed E-state index contributed by atoms with van der Waals surface area (Å²) in [4.78, 5) is 28.0. The van der Waals surface area contributed by atoms with Crippen molar-refractivity contribution in [2.45, 2.75) is 0 Å². The van der Waals surface area contributed by atoms with E-state index >= 15 is 0 Å². The molecule has 3 aromatic rings. The summed E-state index contributed by atoms with van der Waals surface area (Å²) in [6, 6.07) is 14.0. The third-order valence-electron chi connectivity index (χ3n) is 3.71. The Labute approximate surface area is 159 Å². The first kappa shape index (κ1) is 18.0. The molecule has 2 N–H and O–H groups in total. The van der Waals surface area contributed by atoms with Crippen molar-refractivity contribution in [3.05, 3.63) is 64.3 Å². The summed E-state index contributed by atoms with van der Waals surface area (Å²) in [6.45, 7) is 0. The zero-order valence-corrected chi connectivity index (χ0v) is 15.2. The molecule has 1 aromatic heterocycles. The van der Waals surface area contributed by atoms with Crippen molar-refractivity contribution < 1.29 is 9.59 Å². The molecule has 0 fully saturated rings. The minimum Gasteiger partial charge on any atom is -0.354 e. The van der Waals surface area contributed by atoms with Crippen LogP contribution in [0.25, 0.3) is 17.1 Å². The summed E-state index contributed by atoms with van der Waals surface area (Å²) in [5, 5.41) is 6.07. The van der Waals surface area contributed by atoms with Crippen LogP contribution in [-0.2, 0) is 4.79 Å². The molecule has 0 bridgehead atoms. The number of carbonyl (C=O) groups excluding carboxylic acids is 2. The van der Waals surface area contributed by atoms with Crippen LogP contribution in [0.15, 0.2) is 48.5 Å². The number of benzene rings is 2. The van der Waals surface area contributed by atoms with Gasteiger partial charge in [-0.2, -0.15) is 0 Å². The number of hydrogen-bond donors (Lipinski definition) is 2. The summed E-state index contributed by atoms with van der Waals surface area (Å²) < 4.78 is 1.63. The van der Waals surface area contributed by atoms with Crippen molar-refractivity contribution in [1.82, 2.24) is 14.9 Å². The van der Waals surface area contributed by atoms with Gasteiger partial charge < -0.3 is 10.6 Å². The van der Waals surface area contributed by atoms with E-state index in [0.29, 0.717) is 33.5 Å².